The van der Waals surface area contributed by atoms with Crippen LogP contribution in [0.3, 0.4) is 0 Å². The van der Waals surface area contributed by atoms with Crippen molar-refractivity contribution in [1.29, 1.82) is 0 Å². The molecule has 1 atom stereocenters. The molecular formula is C21H19N7O5S. The molecule has 3 amide bonds. The van der Waals surface area contributed by atoms with E-state index in [1.54, 1.807) is 54.9 Å². The molecule has 12 nitrogen and oxygen atoms in total. The zero-order valence-corrected chi connectivity index (χ0v) is 19.1. The van der Waals surface area contributed by atoms with Gasteiger partial charge in [-0.1, -0.05) is 18.2 Å². The van der Waals surface area contributed by atoms with Crippen LogP contribution >= 0.6 is 11.8 Å². The van der Waals surface area contributed by atoms with Gasteiger partial charge < -0.3 is 14.6 Å². The van der Waals surface area contributed by atoms with E-state index in [1.165, 1.54) is 25.7 Å². The van der Waals surface area contributed by atoms with Gasteiger partial charge in [0.1, 0.15) is 17.6 Å². The monoisotopic (exact) mass is 481 g/mol. The van der Waals surface area contributed by atoms with Crippen LogP contribution in [0.4, 0.5) is 10.5 Å². The summed E-state index contributed by atoms with van der Waals surface area (Å²) in [6.45, 7) is 1.58. The maximum absolute atomic E-state index is 13.0. The standard InChI is InChI=1S/C21H19N7O5S/c1-21(14-5-7-15(33-3)8-6-14)18(29)27(19(30)24-21)23-11-13-4-9-17(16(10-13)28(31)32)34-20-25-22-12-26(20)2/h4-12H,1-3H3,(H,24,30)/b23-11-/t21-/m1/s1. The molecule has 0 aliphatic carbocycles. The van der Waals surface area contributed by atoms with E-state index in [0.717, 1.165) is 11.8 Å². The Morgan fingerprint density at radius 1 is 1.24 bits per heavy atom. The number of benzene rings is 2. The number of aryl methyl sites for hydroxylation is 1. The first-order chi connectivity index (χ1) is 16.2. The fourth-order valence-corrected chi connectivity index (χ4v) is 4.13. The third kappa shape index (κ3) is 4.20. The zero-order chi connectivity index (χ0) is 24.5. The number of methoxy groups -OCH3 is 1. The van der Waals surface area contributed by atoms with Gasteiger partial charge in [0.2, 0.25) is 0 Å². The Balaban J connectivity index is 1.57. The SMILES string of the molecule is COc1ccc([C@@]2(C)NC(=O)N(/N=C\c3ccc(Sc4nncn4C)c([N+](=O)[O-])c3)C2=O)cc1. The number of hydrazone groups is 1. The summed E-state index contributed by atoms with van der Waals surface area (Å²) in [6, 6.07) is 10.5. The largest absolute Gasteiger partial charge is 0.497 e. The van der Waals surface area contributed by atoms with E-state index in [0.29, 0.717) is 31.9 Å². The highest BCUT2D eigenvalue weighted by molar-refractivity contribution is 7.99. The van der Waals surface area contributed by atoms with E-state index in [1.807, 2.05) is 0 Å². The van der Waals surface area contributed by atoms with Gasteiger partial charge in [-0.3, -0.25) is 14.9 Å². The van der Waals surface area contributed by atoms with Crippen molar-refractivity contribution in [2.45, 2.75) is 22.5 Å². The van der Waals surface area contributed by atoms with E-state index < -0.39 is 22.4 Å². The molecule has 34 heavy (non-hydrogen) atoms. The van der Waals surface area contributed by atoms with Gasteiger partial charge in [0.05, 0.1) is 23.1 Å². The number of carbonyl (C=O) groups is 2. The minimum Gasteiger partial charge on any atom is -0.497 e. The third-order valence-electron chi connectivity index (χ3n) is 5.21. The van der Waals surface area contributed by atoms with E-state index >= 15 is 0 Å². The first kappa shape index (κ1) is 22.9. The summed E-state index contributed by atoms with van der Waals surface area (Å²) in [7, 11) is 3.26. The van der Waals surface area contributed by atoms with Crippen LogP contribution < -0.4 is 10.1 Å². The van der Waals surface area contributed by atoms with Crippen molar-refractivity contribution in [1.82, 2.24) is 25.1 Å². The number of nitrogens with one attached hydrogen (secondary N) is 1. The van der Waals surface area contributed by atoms with Crippen molar-refractivity contribution < 1.29 is 19.2 Å². The highest BCUT2D eigenvalue weighted by Gasteiger charge is 2.49. The molecule has 2 heterocycles. The van der Waals surface area contributed by atoms with Crippen LogP contribution in [0.2, 0.25) is 0 Å². The lowest BCUT2D eigenvalue weighted by atomic mass is 9.92. The molecule has 13 heteroatoms. The number of amides is 3. The third-order valence-corrected chi connectivity index (χ3v) is 6.33. The number of aromatic nitrogens is 3. The molecule has 1 saturated heterocycles. The Morgan fingerprint density at radius 2 is 1.97 bits per heavy atom. The number of nitrogens with zero attached hydrogens (tertiary/aromatic N) is 6. The van der Waals surface area contributed by atoms with E-state index in [2.05, 4.69) is 20.6 Å². The predicted molar refractivity (Wildman–Crippen MR) is 122 cm³/mol. The molecule has 1 N–H and O–H groups in total. The van der Waals surface area contributed by atoms with Crippen LogP contribution in [0.25, 0.3) is 0 Å². The van der Waals surface area contributed by atoms with Gasteiger partial charge in [-0.15, -0.1) is 15.2 Å². The normalized spacial score (nSPS) is 17.9. The quantitative estimate of drug-likeness (QED) is 0.235. The summed E-state index contributed by atoms with van der Waals surface area (Å²) in [5.74, 6) is 0.0317. The average molecular weight is 481 g/mol. The van der Waals surface area contributed by atoms with Gasteiger partial charge >= 0.3 is 6.03 Å². The van der Waals surface area contributed by atoms with Crippen LogP contribution in [0, 0.1) is 10.1 Å². The maximum Gasteiger partial charge on any atom is 0.346 e. The van der Waals surface area contributed by atoms with E-state index in [9.17, 15) is 19.7 Å². The lowest BCUT2D eigenvalue weighted by Gasteiger charge is -2.21. The van der Waals surface area contributed by atoms with E-state index in [-0.39, 0.29) is 5.69 Å². The second kappa shape index (κ2) is 8.94. The molecular weight excluding hydrogens is 462 g/mol. The molecule has 0 bridgehead atoms. The number of hydrogen-bond acceptors (Lipinski definition) is 9. The van der Waals surface area contributed by atoms with Gasteiger partial charge in [-0.2, -0.15) is 5.10 Å². The molecule has 1 aliphatic rings. The number of rotatable bonds is 7. The lowest BCUT2D eigenvalue weighted by molar-refractivity contribution is -0.387. The molecule has 0 saturated carbocycles. The van der Waals surface area contributed by atoms with Gasteiger partial charge in [-0.25, -0.2) is 4.79 Å². The number of ether oxygens (including phenoxy) is 1. The number of hydrogen-bond donors (Lipinski definition) is 1. The Kier molecular flexibility index (Phi) is 6.03. The predicted octanol–water partition coefficient (Wildman–Crippen LogP) is 2.68. The molecule has 1 aliphatic heterocycles. The van der Waals surface area contributed by atoms with Gasteiger partial charge in [0, 0.05) is 18.7 Å². The van der Waals surface area contributed by atoms with Crippen molar-refractivity contribution in [3.8, 4) is 5.75 Å². The second-order valence-electron chi connectivity index (χ2n) is 7.46. The smallest absolute Gasteiger partial charge is 0.346 e. The molecule has 0 unspecified atom stereocenters. The maximum atomic E-state index is 13.0. The number of nitro benzene ring substituents is 1. The number of urea groups is 1. The van der Waals surface area contributed by atoms with Crippen molar-refractivity contribution in [3.05, 3.63) is 70.0 Å². The van der Waals surface area contributed by atoms with E-state index in [4.69, 9.17) is 4.74 Å². The Bertz CT molecular complexity index is 1310. The van der Waals surface area contributed by atoms with Crippen molar-refractivity contribution in [2.24, 2.45) is 12.1 Å². The van der Waals surface area contributed by atoms with Crippen LogP contribution in [0.5, 0.6) is 5.75 Å². The number of imide groups is 1. The van der Waals surface area contributed by atoms with Crippen LogP contribution in [0.15, 0.2) is 63.9 Å². The van der Waals surface area contributed by atoms with Crippen LogP contribution in [0.1, 0.15) is 18.1 Å². The van der Waals surface area contributed by atoms with Gasteiger partial charge in [0.25, 0.3) is 11.6 Å². The van der Waals surface area contributed by atoms with Gasteiger partial charge in [-0.05, 0) is 42.4 Å². The molecule has 3 aromatic rings. The Hall–Kier alpha value is -4.26. The zero-order valence-electron chi connectivity index (χ0n) is 18.3. The summed E-state index contributed by atoms with van der Waals surface area (Å²) in [5, 5.41) is 27.1. The molecule has 0 spiro atoms. The molecule has 174 valence electrons. The van der Waals surface area contributed by atoms with Crippen molar-refractivity contribution in [2.75, 3.05) is 7.11 Å². The lowest BCUT2D eigenvalue weighted by Crippen LogP contribution is -2.40. The van der Waals surface area contributed by atoms with Crippen LogP contribution in [-0.2, 0) is 17.4 Å². The molecule has 0 radical (unpaired) electrons. The first-order valence-electron chi connectivity index (χ1n) is 9.88. The fourth-order valence-electron chi connectivity index (χ4n) is 3.28. The van der Waals surface area contributed by atoms with Crippen LogP contribution in [-0.4, -0.2) is 50.0 Å². The molecule has 4 rings (SSSR count). The fraction of sp³-hybridized carbons (Fsp3) is 0.190. The summed E-state index contributed by atoms with van der Waals surface area (Å²) in [5.41, 5.74) is -0.585. The van der Waals surface area contributed by atoms with Gasteiger partial charge in [0.15, 0.2) is 5.16 Å². The summed E-state index contributed by atoms with van der Waals surface area (Å²) < 4.78 is 6.77. The topological polar surface area (TPSA) is 145 Å². The highest BCUT2D eigenvalue weighted by atomic mass is 32.2. The van der Waals surface area contributed by atoms with Crippen molar-refractivity contribution >= 4 is 35.6 Å². The average Bonchev–Trinajstić information content (AvgIpc) is 3.32. The Morgan fingerprint density at radius 3 is 2.59 bits per heavy atom. The molecule has 1 fully saturated rings. The Labute approximate surface area is 197 Å². The summed E-state index contributed by atoms with van der Waals surface area (Å²) in [4.78, 5) is 37.0. The minimum absolute atomic E-state index is 0.169. The summed E-state index contributed by atoms with van der Waals surface area (Å²) in [6.07, 6.45) is 2.72. The highest BCUT2D eigenvalue weighted by Crippen LogP contribution is 2.34. The van der Waals surface area contributed by atoms with Crippen molar-refractivity contribution in [3.63, 3.8) is 0 Å². The number of nitro groups is 1. The molecule has 1 aromatic heterocycles. The minimum atomic E-state index is -1.32. The first-order valence-corrected chi connectivity index (χ1v) is 10.7. The number of carbonyl (C=O) groups excluding carboxylic acids is 2. The summed E-state index contributed by atoms with van der Waals surface area (Å²) >= 11 is 1.09. The molecule has 2 aromatic carbocycles. The second-order valence-corrected chi connectivity index (χ2v) is 8.47.